The zero-order chi connectivity index (χ0) is 23.9. The predicted molar refractivity (Wildman–Crippen MR) is 132 cm³/mol. The minimum atomic E-state index is -0.306. The molecule has 2 aromatic rings. The summed E-state index contributed by atoms with van der Waals surface area (Å²) in [7, 11) is 0. The van der Waals surface area contributed by atoms with Gasteiger partial charge in [-0.3, -0.25) is 9.79 Å². The normalized spacial score (nSPS) is 19.4. The molecule has 6 nitrogen and oxygen atoms in total. The zero-order valence-electron chi connectivity index (χ0n) is 19.6. The standard InChI is InChI=1S/C27H29FN4O2/c1-19-17-32(18-20(2)34-19)26-23(8-5-21-6-9-25(28)10-7-21)14-24(16-31-26)27(33)30-12-3-4-22-11-13-29-15-22/h6-7,9-11,14-16,19-20H,3-4,12-13,17-18H2,1-2H3,(H,30,33)/t19-,20+. The van der Waals surface area contributed by atoms with Gasteiger partial charge in [0.05, 0.1) is 29.9 Å². The van der Waals surface area contributed by atoms with E-state index >= 15 is 0 Å². The van der Waals surface area contributed by atoms with Crippen molar-refractivity contribution in [3.8, 4) is 11.8 Å². The minimum absolute atomic E-state index is 0.0615. The number of carbonyl (C=O) groups excluding carboxylic acids is 1. The summed E-state index contributed by atoms with van der Waals surface area (Å²) in [6, 6.07) is 7.81. The third-order valence-electron chi connectivity index (χ3n) is 5.68. The van der Waals surface area contributed by atoms with E-state index in [0.717, 1.165) is 25.2 Å². The number of benzene rings is 1. The maximum Gasteiger partial charge on any atom is 0.252 e. The quantitative estimate of drug-likeness (QED) is 0.527. The van der Waals surface area contributed by atoms with Crippen molar-refractivity contribution in [2.24, 2.45) is 4.99 Å². The Morgan fingerprint density at radius 3 is 2.68 bits per heavy atom. The number of halogens is 1. The van der Waals surface area contributed by atoms with Crippen LogP contribution < -0.4 is 10.2 Å². The fraction of sp³-hybridized carbons (Fsp3) is 0.370. The number of hydrogen-bond donors (Lipinski definition) is 1. The van der Waals surface area contributed by atoms with Gasteiger partial charge in [-0.15, -0.1) is 0 Å². The fourth-order valence-electron chi connectivity index (χ4n) is 4.10. The average molecular weight is 461 g/mol. The number of aliphatic imine (C=N–C) groups is 1. The topological polar surface area (TPSA) is 66.8 Å². The molecule has 2 atom stereocenters. The highest BCUT2D eigenvalue weighted by molar-refractivity contribution is 5.94. The number of carbonyl (C=O) groups is 1. The number of nitrogens with one attached hydrogen (secondary N) is 1. The molecule has 3 heterocycles. The lowest BCUT2D eigenvalue weighted by Gasteiger charge is -2.36. The Kier molecular flexibility index (Phi) is 7.71. The summed E-state index contributed by atoms with van der Waals surface area (Å²) >= 11 is 0. The Hall–Kier alpha value is -3.50. The third kappa shape index (κ3) is 6.30. The molecule has 176 valence electrons. The summed E-state index contributed by atoms with van der Waals surface area (Å²) in [6.45, 7) is 6.76. The smallest absolute Gasteiger partial charge is 0.252 e. The van der Waals surface area contributed by atoms with Gasteiger partial charge in [0.15, 0.2) is 0 Å². The van der Waals surface area contributed by atoms with Crippen LogP contribution >= 0.6 is 0 Å². The molecule has 0 spiro atoms. The van der Waals surface area contributed by atoms with Crippen molar-refractivity contribution < 1.29 is 13.9 Å². The van der Waals surface area contributed by atoms with Crippen LogP contribution in [0.3, 0.4) is 0 Å². The molecular formula is C27H29FN4O2. The second-order valence-corrected chi connectivity index (χ2v) is 8.65. The molecular weight excluding hydrogens is 431 g/mol. The molecule has 2 aliphatic rings. The Balaban J connectivity index is 1.52. The van der Waals surface area contributed by atoms with Crippen molar-refractivity contribution in [2.75, 3.05) is 31.1 Å². The third-order valence-corrected chi connectivity index (χ3v) is 5.68. The molecule has 1 aromatic heterocycles. The first-order valence-electron chi connectivity index (χ1n) is 11.6. The second-order valence-electron chi connectivity index (χ2n) is 8.65. The number of ether oxygens (including phenoxy) is 1. The van der Waals surface area contributed by atoms with Crippen LogP contribution in [0.1, 0.15) is 48.2 Å². The monoisotopic (exact) mass is 460 g/mol. The van der Waals surface area contributed by atoms with Gasteiger partial charge < -0.3 is 15.0 Å². The summed E-state index contributed by atoms with van der Waals surface area (Å²) in [5.41, 5.74) is 3.03. The van der Waals surface area contributed by atoms with Crippen molar-refractivity contribution in [2.45, 2.75) is 38.9 Å². The fourth-order valence-corrected chi connectivity index (χ4v) is 4.10. The Morgan fingerprint density at radius 2 is 1.97 bits per heavy atom. The van der Waals surface area contributed by atoms with Gasteiger partial charge >= 0.3 is 0 Å². The Morgan fingerprint density at radius 1 is 1.21 bits per heavy atom. The number of amides is 1. The van der Waals surface area contributed by atoms with Gasteiger partial charge in [-0.25, -0.2) is 9.37 Å². The molecule has 0 bridgehead atoms. The maximum absolute atomic E-state index is 13.3. The van der Waals surface area contributed by atoms with Crippen molar-refractivity contribution in [3.63, 3.8) is 0 Å². The van der Waals surface area contributed by atoms with Crippen LogP contribution in [0.4, 0.5) is 10.2 Å². The number of morpholine rings is 1. The minimum Gasteiger partial charge on any atom is -0.372 e. The Bertz CT molecular complexity index is 1140. The summed E-state index contributed by atoms with van der Waals surface area (Å²) in [6.07, 6.45) is 7.45. The van der Waals surface area contributed by atoms with E-state index in [1.54, 1.807) is 24.4 Å². The van der Waals surface area contributed by atoms with Crippen LogP contribution in [-0.2, 0) is 4.74 Å². The number of hydrogen-bond acceptors (Lipinski definition) is 5. The molecule has 1 amide bonds. The molecule has 0 saturated carbocycles. The molecule has 2 aliphatic heterocycles. The lowest BCUT2D eigenvalue weighted by molar-refractivity contribution is -0.00547. The van der Waals surface area contributed by atoms with E-state index in [1.807, 2.05) is 20.1 Å². The van der Waals surface area contributed by atoms with Gasteiger partial charge in [-0.05, 0) is 62.6 Å². The van der Waals surface area contributed by atoms with Crippen molar-refractivity contribution in [1.82, 2.24) is 10.3 Å². The maximum atomic E-state index is 13.3. The molecule has 1 N–H and O–H groups in total. The Labute approximate surface area is 199 Å². The van der Waals surface area contributed by atoms with Crippen molar-refractivity contribution in [3.05, 3.63) is 70.7 Å². The van der Waals surface area contributed by atoms with E-state index in [1.165, 1.54) is 17.7 Å². The van der Waals surface area contributed by atoms with E-state index in [9.17, 15) is 9.18 Å². The summed E-state index contributed by atoms with van der Waals surface area (Å²) < 4.78 is 19.1. The molecule has 0 aliphatic carbocycles. The second kappa shape index (κ2) is 11.1. The van der Waals surface area contributed by atoms with Gasteiger partial charge in [0.1, 0.15) is 11.6 Å². The van der Waals surface area contributed by atoms with E-state index in [0.29, 0.717) is 36.3 Å². The molecule has 1 aromatic carbocycles. The average Bonchev–Trinajstić information content (AvgIpc) is 3.34. The highest BCUT2D eigenvalue weighted by Gasteiger charge is 2.25. The number of allylic oxidation sites excluding steroid dienone is 1. The zero-order valence-corrected chi connectivity index (χ0v) is 19.6. The van der Waals surface area contributed by atoms with Gasteiger partial charge in [-0.1, -0.05) is 17.9 Å². The first-order chi connectivity index (χ1) is 16.5. The van der Waals surface area contributed by atoms with Crippen LogP contribution in [0.15, 0.2) is 53.2 Å². The first kappa shape index (κ1) is 23.7. The SMILES string of the molecule is C[C@@H]1CN(c2ncc(C(=O)NCCCC3=CCN=C3)cc2C#Cc2ccc(F)cc2)C[C@H](C)O1. The van der Waals surface area contributed by atoms with Crippen LogP contribution in [0.25, 0.3) is 0 Å². The summed E-state index contributed by atoms with van der Waals surface area (Å²) in [5, 5.41) is 2.97. The highest BCUT2D eigenvalue weighted by Crippen LogP contribution is 2.23. The summed E-state index contributed by atoms with van der Waals surface area (Å²) in [4.78, 5) is 23.7. The number of anilines is 1. The van der Waals surface area contributed by atoms with Crippen LogP contribution in [0.2, 0.25) is 0 Å². The highest BCUT2D eigenvalue weighted by atomic mass is 19.1. The van der Waals surface area contributed by atoms with E-state index in [2.05, 4.69) is 38.1 Å². The van der Waals surface area contributed by atoms with Crippen LogP contribution in [-0.4, -0.2) is 55.5 Å². The number of aromatic nitrogens is 1. The van der Waals surface area contributed by atoms with E-state index < -0.39 is 0 Å². The van der Waals surface area contributed by atoms with Gasteiger partial charge in [0.25, 0.3) is 5.91 Å². The first-order valence-corrected chi connectivity index (χ1v) is 11.6. The van der Waals surface area contributed by atoms with Crippen molar-refractivity contribution >= 4 is 17.9 Å². The van der Waals surface area contributed by atoms with Gasteiger partial charge in [0, 0.05) is 37.6 Å². The van der Waals surface area contributed by atoms with E-state index in [4.69, 9.17) is 4.74 Å². The lowest BCUT2D eigenvalue weighted by Crippen LogP contribution is -2.46. The summed E-state index contributed by atoms with van der Waals surface area (Å²) in [5.74, 6) is 6.47. The molecule has 0 unspecified atom stereocenters. The molecule has 4 rings (SSSR count). The van der Waals surface area contributed by atoms with Gasteiger partial charge in [-0.2, -0.15) is 0 Å². The number of rotatable bonds is 6. The molecule has 1 saturated heterocycles. The number of nitrogens with zero attached hydrogens (tertiary/aromatic N) is 3. The molecule has 1 fully saturated rings. The lowest BCUT2D eigenvalue weighted by atomic mass is 10.1. The van der Waals surface area contributed by atoms with Gasteiger partial charge in [0.2, 0.25) is 0 Å². The predicted octanol–water partition coefficient (Wildman–Crippen LogP) is 3.75. The molecule has 7 heteroatoms. The molecule has 0 radical (unpaired) electrons. The van der Waals surface area contributed by atoms with Crippen molar-refractivity contribution in [1.29, 1.82) is 0 Å². The van der Waals surface area contributed by atoms with Crippen LogP contribution in [0.5, 0.6) is 0 Å². The van der Waals surface area contributed by atoms with E-state index in [-0.39, 0.29) is 23.9 Å². The number of pyridine rings is 1. The molecule has 34 heavy (non-hydrogen) atoms. The van der Waals surface area contributed by atoms with Crippen LogP contribution in [0, 0.1) is 17.7 Å². The largest absolute Gasteiger partial charge is 0.372 e.